The number of cyclic esters (lactones) is 1. The van der Waals surface area contributed by atoms with E-state index in [4.69, 9.17) is 14.6 Å². The summed E-state index contributed by atoms with van der Waals surface area (Å²) in [7, 11) is 0. The van der Waals surface area contributed by atoms with Crippen LogP contribution in [0.2, 0.25) is 0 Å². The van der Waals surface area contributed by atoms with Crippen molar-refractivity contribution < 1.29 is 24.2 Å². The van der Waals surface area contributed by atoms with Crippen molar-refractivity contribution >= 4 is 12.1 Å². The lowest BCUT2D eigenvalue weighted by Crippen LogP contribution is -2.46. The molecule has 0 bridgehead atoms. The second kappa shape index (κ2) is 4.91. The Balaban J connectivity index is 2.76. The van der Waals surface area contributed by atoms with E-state index in [9.17, 15) is 9.59 Å². The molecule has 1 heterocycles. The molecular formula is C11H19NO5. The molecule has 0 saturated carbocycles. The number of carbonyl (C=O) groups is 2. The lowest BCUT2D eigenvalue weighted by molar-refractivity contribution is -0.161. The van der Waals surface area contributed by atoms with Crippen LogP contribution in [0.5, 0.6) is 0 Å². The van der Waals surface area contributed by atoms with Crippen LogP contribution in [0.15, 0.2) is 0 Å². The second-order valence-electron chi connectivity index (χ2n) is 5.04. The monoisotopic (exact) mass is 245 g/mol. The largest absolute Gasteiger partial charge is 0.465 e. The van der Waals surface area contributed by atoms with E-state index in [1.165, 1.54) is 0 Å². The van der Waals surface area contributed by atoms with Crippen molar-refractivity contribution in [3.8, 4) is 0 Å². The van der Waals surface area contributed by atoms with E-state index < -0.39 is 30.0 Å². The summed E-state index contributed by atoms with van der Waals surface area (Å²) < 4.78 is 10.4. The zero-order valence-electron chi connectivity index (χ0n) is 10.5. The first kappa shape index (κ1) is 13.8. The molecule has 98 valence electrons. The highest BCUT2D eigenvalue weighted by Gasteiger charge is 2.45. The number of nitrogens with one attached hydrogen (secondary N) is 1. The first-order valence-corrected chi connectivity index (χ1v) is 5.61. The maximum absolute atomic E-state index is 11.6. The first-order chi connectivity index (χ1) is 7.71. The van der Waals surface area contributed by atoms with Crippen LogP contribution in [-0.4, -0.2) is 35.1 Å². The summed E-state index contributed by atoms with van der Waals surface area (Å²) in [5.41, 5.74) is 0. The molecule has 1 aliphatic heterocycles. The van der Waals surface area contributed by atoms with Gasteiger partial charge < -0.3 is 19.9 Å². The Morgan fingerprint density at radius 1 is 1.53 bits per heavy atom. The third-order valence-corrected chi connectivity index (χ3v) is 2.39. The Morgan fingerprint density at radius 2 is 2.12 bits per heavy atom. The number of rotatable bonds is 4. The molecule has 0 aromatic heterocycles. The van der Waals surface area contributed by atoms with Crippen molar-refractivity contribution in [2.24, 2.45) is 5.92 Å². The van der Waals surface area contributed by atoms with Crippen molar-refractivity contribution in [1.82, 2.24) is 5.32 Å². The molecule has 0 aromatic carbocycles. The normalized spacial score (nSPS) is 24.5. The van der Waals surface area contributed by atoms with Crippen LogP contribution in [-0.2, 0) is 14.3 Å². The van der Waals surface area contributed by atoms with Gasteiger partial charge in [0, 0.05) is 13.8 Å². The summed E-state index contributed by atoms with van der Waals surface area (Å²) in [6, 6.07) is -0.582. The lowest BCUT2D eigenvalue weighted by Gasteiger charge is -2.23. The molecule has 0 aliphatic carbocycles. The zero-order chi connectivity index (χ0) is 13.2. The van der Waals surface area contributed by atoms with Crippen LogP contribution in [0.3, 0.4) is 0 Å². The van der Waals surface area contributed by atoms with E-state index in [-0.39, 0.29) is 5.92 Å². The average Bonchev–Trinajstić information content (AvgIpc) is 2.36. The van der Waals surface area contributed by atoms with Crippen LogP contribution < -0.4 is 5.32 Å². The van der Waals surface area contributed by atoms with Crippen molar-refractivity contribution in [2.45, 2.75) is 52.0 Å². The van der Waals surface area contributed by atoms with E-state index in [0.717, 1.165) is 0 Å². The molecule has 1 saturated heterocycles. The third kappa shape index (κ3) is 3.89. The molecule has 1 amide bonds. The summed E-state index contributed by atoms with van der Waals surface area (Å²) in [5.74, 6) is -1.27. The highest BCUT2D eigenvalue weighted by atomic mass is 16.8. The molecule has 0 radical (unpaired) electrons. The molecule has 17 heavy (non-hydrogen) atoms. The SMILES string of the molecule is CC(C)C[C@@H](NC(=O)O)[C@@H]1OC(C)(C)OC1=O. The third-order valence-electron chi connectivity index (χ3n) is 2.39. The van der Waals surface area contributed by atoms with E-state index in [1.807, 2.05) is 13.8 Å². The van der Waals surface area contributed by atoms with Crippen molar-refractivity contribution in [3.05, 3.63) is 0 Å². The maximum Gasteiger partial charge on any atom is 0.404 e. The van der Waals surface area contributed by atoms with Gasteiger partial charge in [0.2, 0.25) is 5.79 Å². The minimum absolute atomic E-state index is 0.243. The van der Waals surface area contributed by atoms with Gasteiger partial charge in [-0.25, -0.2) is 9.59 Å². The molecule has 0 spiro atoms. The van der Waals surface area contributed by atoms with Gasteiger partial charge >= 0.3 is 12.1 Å². The van der Waals surface area contributed by atoms with E-state index in [0.29, 0.717) is 6.42 Å². The predicted molar refractivity (Wildman–Crippen MR) is 59.4 cm³/mol. The van der Waals surface area contributed by atoms with Gasteiger partial charge in [0.1, 0.15) is 0 Å². The van der Waals surface area contributed by atoms with Gasteiger partial charge in [-0.3, -0.25) is 0 Å². The van der Waals surface area contributed by atoms with Gasteiger partial charge in [-0.05, 0) is 12.3 Å². The molecule has 1 rings (SSSR count). The number of esters is 1. The standard InChI is InChI=1S/C11H19NO5/c1-6(2)5-7(12-10(14)15)8-9(13)17-11(3,4)16-8/h6-8,12H,5H2,1-4H3,(H,14,15)/t7-,8+/m1/s1. The molecule has 0 aromatic rings. The molecule has 6 nitrogen and oxygen atoms in total. The van der Waals surface area contributed by atoms with Gasteiger partial charge in [-0.2, -0.15) is 0 Å². The van der Waals surface area contributed by atoms with Crippen molar-refractivity contribution in [3.63, 3.8) is 0 Å². The molecular weight excluding hydrogens is 226 g/mol. The summed E-state index contributed by atoms with van der Waals surface area (Å²) in [6.45, 7) is 7.14. The number of hydrogen-bond donors (Lipinski definition) is 2. The minimum Gasteiger partial charge on any atom is -0.465 e. The zero-order valence-corrected chi connectivity index (χ0v) is 10.5. The molecule has 1 fully saturated rings. The maximum atomic E-state index is 11.6. The summed E-state index contributed by atoms with van der Waals surface area (Å²) in [5, 5.41) is 11.1. The Kier molecular flexibility index (Phi) is 3.98. The topological polar surface area (TPSA) is 84.9 Å². The quantitative estimate of drug-likeness (QED) is 0.730. The highest BCUT2D eigenvalue weighted by Crippen LogP contribution is 2.27. The Bertz CT molecular complexity index is 313. The van der Waals surface area contributed by atoms with E-state index in [2.05, 4.69) is 5.32 Å². The smallest absolute Gasteiger partial charge is 0.404 e. The number of ether oxygens (including phenoxy) is 2. The van der Waals surface area contributed by atoms with Crippen LogP contribution in [0.4, 0.5) is 4.79 Å². The van der Waals surface area contributed by atoms with Gasteiger partial charge in [0.05, 0.1) is 6.04 Å². The summed E-state index contributed by atoms with van der Waals surface area (Å²) >= 11 is 0. The minimum atomic E-state index is -1.17. The van der Waals surface area contributed by atoms with Gasteiger partial charge in [-0.15, -0.1) is 0 Å². The number of hydrogen-bond acceptors (Lipinski definition) is 4. The van der Waals surface area contributed by atoms with E-state index in [1.54, 1.807) is 13.8 Å². The Morgan fingerprint density at radius 3 is 2.47 bits per heavy atom. The fraction of sp³-hybridized carbons (Fsp3) is 0.818. The predicted octanol–water partition coefficient (Wildman–Crippen LogP) is 1.35. The van der Waals surface area contributed by atoms with Crippen LogP contribution in [0, 0.1) is 5.92 Å². The number of amides is 1. The second-order valence-corrected chi connectivity index (χ2v) is 5.04. The summed E-state index contributed by atoms with van der Waals surface area (Å²) in [6.07, 6.45) is -1.53. The highest BCUT2D eigenvalue weighted by molar-refractivity contribution is 5.78. The van der Waals surface area contributed by atoms with Gasteiger partial charge in [0.25, 0.3) is 0 Å². The molecule has 6 heteroatoms. The van der Waals surface area contributed by atoms with Gasteiger partial charge in [-0.1, -0.05) is 13.8 Å². The fourth-order valence-electron chi connectivity index (χ4n) is 1.85. The fourth-order valence-corrected chi connectivity index (χ4v) is 1.85. The van der Waals surface area contributed by atoms with Crippen molar-refractivity contribution in [1.29, 1.82) is 0 Å². The Labute approximate surface area is 100 Å². The van der Waals surface area contributed by atoms with E-state index >= 15 is 0 Å². The van der Waals surface area contributed by atoms with Crippen LogP contribution in [0.1, 0.15) is 34.1 Å². The molecule has 0 unspecified atom stereocenters. The van der Waals surface area contributed by atoms with Crippen molar-refractivity contribution in [2.75, 3.05) is 0 Å². The first-order valence-electron chi connectivity index (χ1n) is 5.61. The molecule has 1 aliphatic rings. The van der Waals surface area contributed by atoms with Crippen LogP contribution in [0.25, 0.3) is 0 Å². The summed E-state index contributed by atoms with van der Waals surface area (Å²) in [4.78, 5) is 22.3. The van der Waals surface area contributed by atoms with Gasteiger partial charge in [0.15, 0.2) is 6.10 Å². The Hall–Kier alpha value is -1.30. The average molecular weight is 245 g/mol. The van der Waals surface area contributed by atoms with Crippen LogP contribution >= 0.6 is 0 Å². The number of carbonyl (C=O) groups excluding carboxylic acids is 1. The number of carboxylic acid groups (broad SMARTS) is 1. The molecule has 2 atom stereocenters. The molecule has 2 N–H and O–H groups in total. The lowest BCUT2D eigenvalue weighted by atomic mass is 9.99.